The van der Waals surface area contributed by atoms with Gasteiger partial charge >= 0.3 is 0 Å². The van der Waals surface area contributed by atoms with Crippen molar-refractivity contribution in [3.63, 3.8) is 0 Å². The third-order valence-corrected chi connectivity index (χ3v) is 3.52. The van der Waals surface area contributed by atoms with Gasteiger partial charge < -0.3 is 19.5 Å². The lowest BCUT2D eigenvalue weighted by molar-refractivity contribution is -0.139. The molecular formula is C17H28N2O4. The molecule has 0 saturated heterocycles. The van der Waals surface area contributed by atoms with E-state index in [4.69, 9.17) is 14.2 Å². The van der Waals surface area contributed by atoms with Gasteiger partial charge in [-0.2, -0.15) is 0 Å². The molecule has 23 heavy (non-hydrogen) atoms. The van der Waals surface area contributed by atoms with Gasteiger partial charge in [-0.25, -0.2) is 4.98 Å². The van der Waals surface area contributed by atoms with Gasteiger partial charge in [-0.15, -0.1) is 0 Å². The summed E-state index contributed by atoms with van der Waals surface area (Å²) in [5.74, 6) is 0.359. The maximum Gasteiger partial charge on any atom is 0.256 e. The van der Waals surface area contributed by atoms with Crippen LogP contribution in [0, 0.1) is 6.92 Å². The normalized spacial score (nSPS) is 13.4. The number of pyridine rings is 1. The predicted octanol–water partition coefficient (Wildman–Crippen LogP) is 2.95. The number of anilines is 1. The molecule has 1 rings (SSSR count). The Kier molecular flexibility index (Phi) is 7.98. The van der Waals surface area contributed by atoms with E-state index in [9.17, 15) is 4.79 Å². The Labute approximate surface area is 138 Å². The minimum absolute atomic E-state index is 0.154. The molecular weight excluding hydrogens is 296 g/mol. The van der Waals surface area contributed by atoms with Crippen LogP contribution in [0.4, 0.5) is 5.69 Å². The van der Waals surface area contributed by atoms with Crippen molar-refractivity contribution in [3.05, 3.63) is 17.8 Å². The molecule has 1 N–H and O–H groups in total. The number of nitrogens with one attached hydrogen (secondary N) is 1. The second kappa shape index (κ2) is 9.47. The van der Waals surface area contributed by atoms with E-state index < -0.39 is 5.60 Å². The van der Waals surface area contributed by atoms with Crippen LogP contribution in [0.2, 0.25) is 0 Å². The lowest BCUT2D eigenvalue weighted by Crippen LogP contribution is -2.42. The number of aryl methyl sites for hydroxylation is 1. The lowest BCUT2D eigenvalue weighted by atomic mass is 9.99. The fourth-order valence-electron chi connectivity index (χ4n) is 2.28. The molecule has 0 radical (unpaired) electrons. The minimum Gasteiger partial charge on any atom is -0.475 e. The molecule has 0 saturated carbocycles. The SMILES string of the molecule is CCC[C@](C)(OCC)C(=O)Nc1ccc(OCCOC)nc1C. The van der Waals surface area contributed by atoms with Gasteiger partial charge in [0.2, 0.25) is 5.88 Å². The second-order valence-corrected chi connectivity index (χ2v) is 5.49. The molecule has 1 atom stereocenters. The maximum absolute atomic E-state index is 12.6. The Morgan fingerprint density at radius 3 is 2.61 bits per heavy atom. The van der Waals surface area contributed by atoms with Crippen LogP contribution in [0.15, 0.2) is 12.1 Å². The summed E-state index contributed by atoms with van der Waals surface area (Å²) >= 11 is 0. The van der Waals surface area contributed by atoms with E-state index in [1.54, 1.807) is 19.2 Å². The number of nitrogens with zero attached hydrogens (tertiary/aromatic N) is 1. The second-order valence-electron chi connectivity index (χ2n) is 5.49. The number of amides is 1. The summed E-state index contributed by atoms with van der Waals surface area (Å²) in [5.41, 5.74) is 0.531. The number of methoxy groups -OCH3 is 1. The smallest absolute Gasteiger partial charge is 0.256 e. The van der Waals surface area contributed by atoms with Crippen LogP contribution in [0.3, 0.4) is 0 Å². The van der Waals surface area contributed by atoms with E-state index in [1.807, 2.05) is 27.7 Å². The number of carbonyl (C=O) groups is 1. The molecule has 6 nitrogen and oxygen atoms in total. The van der Waals surface area contributed by atoms with E-state index in [-0.39, 0.29) is 5.91 Å². The summed E-state index contributed by atoms with van der Waals surface area (Å²) in [7, 11) is 1.62. The molecule has 1 aromatic rings. The van der Waals surface area contributed by atoms with Crippen LogP contribution >= 0.6 is 0 Å². The fraction of sp³-hybridized carbons (Fsp3) is 0.647. The Bertz CT molecular complexity index is 499. The van der Waals surface area contributed by atoms with E-state index in [0.29, 0.717) is 43.5 Å². The first-order chi connectivity index (χ1) is 11.0. The molecule has 0 aromatic carbocycles. The van der Waals surface area contributed by atoms with Crippen molar-refractivity contribution in [3.8, 4) is 5.88 Å². The Balaban J connectivity index is 2.77. The van der Waals surface area contributed by atoms with Crippen LogP contribution in [0.5, 0.6) is 5.88 Å². The Morgan fingerprint density at radius 2 is 2.04 bits per heavy atom. The minimum atomic E-state index is -0.830. The molecule has 0 aliphatic carbocycles. The van der Waals surface area contributed by atoms with Gasteiger partial charge in [-0.05, 0) is 33.3 Å². The Morgan fingerprint density at radius 1 is 1.30 bits per heavy atom. The molecule has 6 heteroatoms. The molecule has 0 aliphatic heterocycles. The molecule has 0 spiro atoms. The number of ether oxygens (including phenoxy) is 3. The summed E-state index contributed by atoms with van der Waals surface area (Å²) in [5, 5.41) is 2.91. The van der Waals surface area contributed by atoms with Gasteiger partial charge in [0, 0.05) is 19.8 Å². The third kappa shape index (κ3) is 5.80. The van der Waals surface area contributed by atoms with Crippen LogP contribution in [-0.2, 0) is 14.3 Å². The monoisotopic (exact) mass is 324 g/mol. The standard InChI is InChI=1S/C17H28N2O4/c1-6-10-17(4,23-7-2)16(20)19-14-8-9-15(18-13(14)3)22-12-11-21-5/h8-9H,6-7,10-12H2,1-5H3,(H,19,20)/t17-/m0/s1. The summed E-state index contributed by atoms with van der Waals surface area (Å²) in [6, 6.07) is 3.52. The molecule has 0 fully saturated rings. The summed E-state index contributed by atoms with van der Waals surface area (Å²) < 4.78 is 16.0. The summed E-state index contributed by atoms with van der Waals surface area (Å²) in [6.07, 6.45) is 1.53. The van der Waals surface area contributed by atoms with E-state index in [0.717, 1.165) is 6.42 Å². The molecule has 0 unspecified atom stereocenters. The molecule has 0 aliphatic rings. The highest BCUT2D eigenvalue weighted by Gasteiger charge is 2.33. The van der Waals surface area contributed by atoms with Crippen molar-refractivity contribution in [1.29, 1.82) is 0 Å². The van der Waals surface area contributed by atoms with E-state index in [1.165, 1.54) is 0 Å². The maximum atomic E-state index is 12.6. The molecule has 1 aromatic heterocycles. The number of hydrogen-bond acceptors (Lipinski definition) is 5. The van der Waals surface area contributed by atoms with Crippen LogP contribution in [-0.4, -0.2) is 43.4 Å². The molecule has 0 bridgehead atoms. The molecule has 1 heterocycles. The first-order valence-electron chi connectivity index (χ1n) is 8.01. The highest BCUT2D eigenvalue weighted by atomic mass is 16.5. The average molecular weight is 324 g/mol. The summed E-state index contributed by atoms with van der Waals surface area (Å²) in [6.45, 7) is 9.00. The third-order valence-electron chi connectivity index (χ3n) is 3.52. The van der Waals surface area contributed by atoms with Crippen LogP contribution < -0.4 is 10.1 Å². The van der Waals surface area contributed by atoms with Crippen molar-refractivity contribution < 1.29 is 19.0 Å². The Hall–Kier alpha value is -1.66. The van der Waals surface area contributed by atoms with E-state index in [2.05, 4.69) is 10.3 Å². The van der Waals surface area contributed by atoms with Crippen molar-refractivity contribution in [2.45, 2.75) is 46.1 Å². The largest absolute Gasteiger partial charge is 0.475 e. The highest BCUT2D eigenvalue weighted by Crippen LogP contribution is 2.23. The number of aromatic nitrogens is 1. The van der Waals surface area contributed by atoms with E-state index >= 15 is 0 Å². The predicted molar refractivity (Wildman–Crippen MR) is 89.9 cm³/mol. The van der Waals surface area contributed by atoms with Gasteiger partial charge in [-0.3, -0.25) is 4.79 Å². The van der Waals surface area contributed by atoms with Gasteiger partial charge in [-0.1, -0.05) is 13.3 Å². The van der Waals surface area contributed by atoms with Gasteiger partial charge in [0.25, 0.3) is 5.91 Å². The zero-order valence-corrected chi connectivity index (χ0v) is 14.8. The highest BCUT2D eigenvalue weighted by molar-refractivity contribution is 5.97. The topological polar surface area (TPSA) is 69.7 Å². The van der Waals surface area contributed by atoms with Crippen LogP contribution in [0.1, 0.15) is 39.3 Å². The lowest BCUT2D eigenvalue weighted by Gasteiger charge is -2.28. The number of carbonyl (C=O) groups excluding carboxylic acids is 1. The summed E-state index contributed by atoms with van der Waals surface area (Å²) in [4.78, 5) is 16.9. The number of rotatable bonds is 10. The number of hydrogen-bond donors (Lipinski definition) is 1. The zero-order valence-electron chi connectivity index (χ0n) is 14.8. The fourth-order valence-corrected chi connectivity index (χ4v) is 2.28. The van der Waals surface area contributed by atoms with Crippen LogP contribution in [0.25, 0.3) is 0 Å². The molecule has 130 valence electrons. The van der Waals surface area contributed by atoms with Gasteiger partial charge in [0.15, 0.2) is 0 Å². The quantitative estimate of drug-likeness (QED) is 0.670. The zero-order chi connectivity index (χ0) is 17.3. The van der Waals surface area contributed by atoms with Crippen molar-refractivity contribution in [2.75, 3.05) is 32.2 Å². The van der Waals surface area contributed by atoms with Crippen molar-refractivity contribution in [2.24, 2.45) is 0 Å². The first-order valence-corrected chi connectivity index (χ1v) is 8.01. The first kappa shape index (κ1) is 19.4. The van der Waals surface area contributed by atoms with Gasteiger partial charge in [0.05, 0.1) is 18.0 Å². The molecule has 1 amide bonds. The van der Waals surface area contributed by atoms with Gasteiger partial charge in [0.1, 0.15) is 12.2 Å². The van der Waals surface area contributed by atoms with Crippen molar-refractivity contribution in [1.82, 2.24) is 4.98 Å². The average Bonchev–Trinajstić information content (AvgIpc) is 2.50. The van der Waals surface area contributed by atoms with Crippen molar-refractivity contribution >= 4 is 11.6 Å².